The number of carbonyl (C=O) groups excluding carboxylic acids is 1. The third-order valence-corrected chi connectivity index (χ3v) is 2.73. The van der Waals surface area contributed by atoms with Gasteiger partial charge in [-0.3, -0.25) is 4.79 Å². The number of allylic oxidation sites excluding steroid dienone is 2. The van der Waals surface area contributed by atoms with Crippen molar-refractivity contribution in [2.45, 2.75) is 0 Å². The Labute approximate surface area is 106 Å². The summed E-state index contributed by atoms with van der Waals surface area (Å²) < 4.78 is 15.9. The Morgan fingerprint density at radius 2 is 2.11 bits per heavy atom. The lowest BCUT2D eigenvalue weighted by molar-refractivity contribution is -0.145. The largest absolute Gasteiger partial charge is 0.500 e. The van der Waals surface area contributed by atoms with Gasteiger partial charge >= 0.3 is 5.97 Å². The Morgan fingerprint density at radius 3 is 2.94 bits per heavy atom. The fraction of sp³-hybridized carbons (Fsp3) is 0.357. The van der Waals surface area contributed by atoms with E-state index in [1.165, 1.54) is 0 Å². The summed E-state index contributed by atoms with van der Waals surface area (Å²) in [7, 11) is 1.55. The maximum absolute atomic E-state index is 11.9. The molecule has 0 aromatic heterocycles. The van der Waals surface area contributed by atoms with Crippen LogP contribution in [0.1, 0.15) is 0 Å². The van der Waals surface area contributed by atoms with E-state index in [2.05, 4.69) is 0 Å². The molecule has 0 saturated carbocycles. The van der Waals surface area contributed by atoms with Crippen molar-refractivity contribution in [2.75, 3.05) is 26.9 Å². The molecule has 2 aliphatic rings. The van der Waals surface area contributed by atoms with Crippen molar-refractivity contribution in [1.29, 1.82) is 0 Å². The van der Waals surface area contributed by atoms with Gasteiger partial charge in [-0.2, -0.15) is 0 Å². The Hall–Kier alpha value is -1.81. The number of carbonyl (C=O) groups is 1. The summed E-state index contributed by atoms with van der Waals surface area (Å²) in [6, 6.07) is 0. The van der Waals surface area contributed by atoms with Crippen LogP contribution in [0.15, 0.2) is 47.8 Å². The zero-order valence-corrected chi connectivity index (χ0v) is 10.3. The van der Waals surface area contributed by atoms with Crippen LogP contribution in [0.5, 0.6) is 0 Å². The number of fused-ring (bicyclic) bond motifs is 2. The summed E-state index contributed by atoms with van der Waals surface area (Å²) >= 11 is 0. The fourth-order valence-electron chi connectivity index (χ4n) is 1.75. The molecule has 0 aromatic rings. The summed E-state index contributed by atoms with van der Waals surface area (Å²) in [4.78, 5) is 11.9. The van der Waals surface area contributed by atoms with E-state index in [0.29, 0.717) is 19.0 Å². The van der Waals surface area contributed by atoms with Gasteiger partial charge in [0, 0.05) is 0 Å². The Bertz CT molecular complexity index is 429. The molecule has 0 saturated heterocycles. The van der Waals surface area contributed by atoms with Gasteiger partial charge in [-0.05, 0) is 17.7 Å². The van der Waals surface area contributed by atoms with E-state index in [0.717, 1.165) is 5.57 Å². The van der Waals surface area contributed by atoms with E-state index in [-0.39, 0.29) is 12.6 Å². The highest BCUT2D eigenvalue weighted by Crippen LogP contribution is 2.20. The van der Waals surface area contributed by atoms with Gasteiger partial charge in [0.15, 0.2) is 0 Å². The van der Waals surface area contributed by atoms with Crippen LogP contribution >= 0.6 is 0 Å². The molecule has 0 amide bonds. The van der Waals surface area contributed by atoms with Gasteiger partial charge in [-0.15, -0.1) is 0 Å². The molecule has 0 spiro atoms. The molecule has 0 N–H and O–H groups in total. The minimum Gasteiger partial charge on any atom is -0.500 e. The highest BCUT2D eigenvalue weighted by atomic mass is 16.5. The van der Waals surface area contributed by atoms with Gasteiger partial charge in [0.25, 0.3) is 0 Å². The second-order valence-corrected chi connectivity index (χ2v) is 3.97. The molecule has 18 heavy (non-hydrogen) atoms. The number of esters is 1. The molecule has 0 aromatic carbocycles. The van der Waals surface area contributed by atoms with Crippen molar-refractivity contribution in [3.8, 4) is 0 Å². The van der Waals surface area contributed by atoms with Crippen molar-refractivity contribution >= 4 is 5.97 Å². The molecule has 0 radical (unpaired) electrons. The lowest BCUT2D eigenvalue weighted by atomic mass is 10.1. The quantitative estimate of drug-likeness (QED) is 0.524. The molecule has 1 heterocycles. The first-order chi connectivity index (χ1) is 8.81. The standard InChI is InChI=1S/C14H16O4/c1-16-13-7-5-11-4-6-12(13)14(15)18-9-3-2-8-17-10-11/h2-7,12H,8-10H2,1H3/b3-2-. The fourth-order valence-corrected chi connectivity index (χ4v) is 1.75. The van der Waals surface area contributed by atoms with Gasteiger partial charge in [-0.1, -0.05) is 24.3 Å². The minimum atomic E-state index is -0.489. The summed E-state index contributed by atoms with van der Waals surface area (Å²) in [5, 5.41) is 0. The molecule has 1 unspecified atom stereocenters. The zero-order valence-electron chi connectivity index (χ0n) is 10.3. The monoisotopic (exact) mass is 248 g/mol. The lowest BCUT2D eigenvalue weighted by Crippen LogP contribution is -2.19. The molecule has 1 atom stereocenters. The Kier molecular flexibility index (Phi) is 4.36. The van der Waals surface area contributed by atoms with Crippen LogP contribution in [0.25, 0.3) is 0 Å². The smallest absolute Gasteiger partial charge is 0.320 e. The van der Waals surface area contributed by atoms with Crippen molar-refractivity contribution in [1.82, 2.24) is 0 Å². The molecule has 4 heteroatoms. The van der Waals surface area contributed by atoms with E-state index in [4.69, 9.17) is 14.2 Å². The maximum atomic E-state index is 11.9. The predicted octanol–water partition coefficient (Wildman–Crippen LogP) is 1.76. The van der Waals surface area contributed by atoms with E-state index in [1.807, 2.05) is 18.2 Å². The zero-order chi connectivity index (χ0) is 12.8. The number of cyclic esters (lactones) is 1. The number of methoxy groups -OCH3 is 1. The van der Waals surface area contributed by atoms with E-state index >= 15 is 0 Å². The molecule has 1 aliphatic carbocycles. The second-order valence-electron chi connectivity index (χ2n) is 3.97. The SMILES string of the molecule is COC1=CC=C2C=CC1C(=O)OC/C=C\COC2. The normalized spacial score (nSPS) is 26.1. The van der Waals surface area contributed by atoms with Crippen LogP contribution < -0.4 is 0 Å². The number of hydrogen-bond donors (Lipinski definition) is 0. The predicted molar refractivity (Wildman–Crippen MR) is 66.7 cm³/mol. The molecule has 0 fully saturated rings. The number of ether oxygens (including phenoxy) is 3. The summed E-state index contributed by atoms with van der Waals surface area (Å²) in [5.41, 5.74) is 0.994. The number of rotatable bonds is 1. The summed E-state index contributed by atoms with van der Waals surface area (Å²) in [6.07, 6.45) is 11.0. The molecular weight excluding hydrogens is 232 g/mol. The van der Waals surface area contributed by atoms with Gasteiger partial charge in [-0.25, -0.2) is 0 Å². The maximum Gasteiger partial charge on any atom is 0.320 e. The topological polar surface area (TPSA) is 44.8 Å². The van der Waals surface area contributed by atoms with Crippen molar-refractivity contribution < 1.29 is 19.0 Å². The van der Waals surface area contributed by atoms with Crippen LogP contribution in [-0.4, -0.2) is 32.9 Å². The average molecular weight is 248 g/mol. The second kappa shape index (κ2) is 6.21. The van der Waals surface area contributed by atoms with Crippen molar-refractivity contribution in [2.24, 2.45) is 5.92 Å². The van der Waals surface area contributed by atoms with Gasteiger partial charge < -0.3 is 14.2 Å². The van der Waals surface area contributed by atoms with Crippen LogP contribution in [0.4, 0.5) is 0 Å². The third kappa shape index (κ3) is 3.11. The molecule has 4 nitrogen and oxygen atoms in total. The molecule has 2 rings (SSSR count). The van der Waals surface area contributed by atoms with Gasteiger partial charge in [0.05, 0.1) is 20.3 Å². The highest BCUT2D eigenvalue weighted by molar-refractivity contribution is 5.78. The van der Waals surface area contributed by atoms with Crippen LogP contribution in [0, 0.1) is 5.92 Å². The van der Waals surface area contributed by atoms with E-state index in [9.17, 15) is 4.79 Å². The first kappa shape index (κ1) is 12.6. The van der Waals surface area contributed by atoms with Crippen molar-refractivity contribution in [3.63, 3.8) is 0 Å². The summed E-state index contributed by atoms with van der Waals surface area (Å²) in [6.45, 7) is 1.27. The Morgan fingerprint density at radius 1 is 1.28 bits per heavy atom. The molecule has 96 valence electrons. The Balaban J connectivity index is 2.26. The van der Waals surface area contributed by atoms with Gasteiger partial charge in [0.2, 0.25) is 0 Å². The third-order valence-electron chi connectivity index (χ3n) is 2.73. The minimum absolute atomic E-state index is 0.254. The first-order valence-electron chi connectivity index (χ1n) is 5.83. The molecule has 2 bridgehead atoms. The van der Waals surface area contributed by atoms with Crippen molar-refractivity contribution in [3.05, 3.63) is 47.8 Å². The molecular formula is C14H16O4. The average Bonchev–Trinajstić information content (AvgIpc) is 2.57. The van der Waals surface area contributed by atoms with Crippen LogP contribution in [0.2, 0.25) is 0 Å². The highest BCUT2D eigenvalue weighted by Gasteiger charge is 2.23. The van der Waals surface area contributed by atoms with E-state index in [1.54, 1.807) is 25.3 Å². The van der Waals surface area contributed by atoms with Crippen LogP contribution in [0.3, 0.4) is 0 Å². The number of hydrogen-bond acceptors (Lipinski definition) is 4. The van der Waals surface area contributed by atoms with E-state index < -0.39 is 5.92 Å². The molecule has 1 aliphatic heterocycles. The first-order valence-corrected chi connectivity index (χ1v) is 5.83. The van der Waals surface area contributed by atoms with Gasteiger partial charge in [0.1, 0.15) is 18.3 Å². The summed E-state index contributed by atoms with van der Waals surface area (Å²) in [5.74, 6) is -0.216. The van der Waals surface area contributed by atoms with Crippen LogP contribution in [-0.2, 0) is 19.0 Å². The lowest BCUT2D eigenvalue weighted by Gasteiger charge is -2.13.